The smallest absolute Gasteiger partial charge is 0.137 e. The zero-order valence-corrected chi connectivity index (χ0v) is 16.3. The number of benzene rings is 2. The Morgan fingerprint density at radius 2 is 2.07 bits per heavy atom. The normalized spacial score (nSPS) is 16.0. The predicted octanol–water partition coefficient (Wildman–Crippen LogP) is 3.16. The molecule has 2 aromatic carbocycles. The van der Waals surface area contributed by atoms with Gasteiger partial charge in [-0.3, -0.25) is 0 Å². The maximum atomic E-state index is 9.13. The molecule has 1 fully saturated rings. The number of fused-ring (bicyclic) bond motifs is 1. The first-order valence-corrected chi connectivity index (χ1v) is 9.81. The van der Waals surface area contributed by atoms with Crippen LogP contribution in [0.25, 0.3) is 16.6 Å². The van der Waals surface area contributed by atoms with Crippen LogP contribution in [0.5, 0.6) is 0 Å². The molecule has 0 spiro atoms. The van der Waals surface area contributed by atoms with Gasteiger partial charge < -0.3 is 16.0 Å². The molecule has 1 saturated heterocycles. The number of nitrogens with two attached hydrogens (primary N) is 1. The summed E-state index contributed by atoms with van der Waals surface area (Å²) in [6.07, 6.45) is 3.43. The SMILES string of the molecule is C=C(c1ccc(CCNc2ncnc3ccc(C#N)cc23)cc1)N1CCC(N)C1. The molecule has 1 atom stereocenters. The fraction of sp³-hybridized carbons (Fsp3) is 0.261. The summed E-state index contributed by atoms with van der Waals surface area (Å²) in [5.41, 5.74) is 10.9. The molecule has 0 radical (unpaired) electrons. The van der Waals surface area contributed by atoms with Gasteiger partial charge in [-0.25, -0.2) is 9.97 Å². The molecule has 1 aliphatic heterocycles. The molecule has 6 nitrogen and oxygen atoms in total. The summed E-state index contributed by atoms with van der Waals surface area (Å²) >= 11 is 0. The fourth-order valence-corrected chi connectivity index (χ4v) is 3.67. The van der Waals surface area contributed by atoms with Crippen LogP contribution in [0.3, 0.4) is 0 Å². The van der Waals surface area contributed by atoms with Gasteiger partial charge in [-0.15, -0.1) is 0 Å². The number of nitriles is 1. The molecule has 146 valence electrons. The Kier molecular flexibility index (Phi) is 5.41. The van der Waals surface area contributed by atoms with Crippen LogP contribution in [0.4, 0.5) is 5.82 Å². The summed E-state index contributed by atoms with van der Waals surface area (Å²) in [6, 6.07) is 16.4. The Balaban J connectivity index is 1.38. The van der Waals surface area contributed by atoms with Gasteiger partial charge in [0, 0.05) is 36.8 Å². The number of rotatable bonds is 6. The van der Waals surface area contributed by atoms with Crippen molar-refractivity contribution < 1.29 is 0 Å². The highest BCUT2D eigenvalue weighted by Gasteiger charge is 2.20. The third-order valence-electron chi connectivity index (χ3n) is 5.36. The fourth-order valence-electron chi connectivity index (χ4n) is 3.67. The first-order valence-electron chi connectivity index (χ1n) is 9.81. The lowest BCUT2D eigenvalue weighted by Crippen LogP contribution is -2.25. The Morgan fingerprint density at radius 1 is 1.24 bits per heavy atom. The third kappa shape index (κ3) is 4.20. The molecule has 0 aliphatic carbocycles. The zero-order chi connectivity index (χ0) is 20.2. The van der Waals surface area contributed by atoms with Gasteiger partial charge in [-0.1, -0.05) is 30.8 Å². The highest BCUT2D eigenvalue weighted by atomic mass is 15.2. The van der Waals surface area contributed by atoms with Crippen LogP contribution >= 0.6 is 0 Å². The highest BCUT2D eigenvalue weighted by Crippen LogP contribution is 2.23. The summed E-state index contributed by atoms with van der Waals surface area (Å²) in [5, 5.41) is 13.4. The van der Waals surface area contributed by atoms with Crippen molar-refractivity contribution in [1.29, 1.82) is 5.26 Å². The average molecular weight is 384 g/mol. The van der Waals surface area contributed by atoms with E-state index in [0.717, 1.165) is 60.5 Å². The van der Waals surface area contributed by atoms with E-state index in [4.69, 9.17) is 11.0 Å². The van der Waals surface area contributed by atoms with Gasteiger partial charge in [0.15, 0.2) is 0 Å². The Labute approximate surface area is 170 Å². The number of aromatic nitrogens is 2. The van der Waals surface area contributed by atoms with E-state index >= 15 is 0 Å². The molecule has 6 heteroatoms. The van der Waals surface area contributed by atoms with Gasteiger partial charge in [0.25, 0.3) is 0 Å². The van der Waals surface area contributed by atoms with Crippen LogP contribution < -0.4 is 11.1 Å². The van der Waals surface area contributed by atoms with E-state index in [0.29, 0.717) is 5.56 Å². The standard InChI is InChI=1S/C23H24N6/c1-16(29-11-9-20(25)14-29)19-5-2-17(3-6-19)8-10-26-23-21-12-18(13-24)4-7-22(21)27-15-28-23/h2-7,12,15,20H,1,8-11,14,25H2,(H,26,27,28). The number of nitrogens with zero attached hydrogens (tertiary/aromatic N) is 4. The van der Waals surface area contributed by atoms with Crippen molar-refractivity contribution in [1.82, 2.24) is 14.9 Å². The molecule has 2 heterocycles. The first kappa shape index (κ1) is 18.9. The number of nitrogens with one attached hydrogen (secondary N) is 1. The monoisotopic (exact) mass is 384 g/mol. The number of hydrogen-bond acceptors (Lipinski definition) is 6. The van der Waals surface area contributed by atoms with Crippen molar-refractivity contribution in [3.63, 3.8) is 0 Å². The van der Waals surface area contributed by atoms with Crippen LogP contribution in [0, 0.1) is 11.3 Å². The minimum atomic E-state index is 0.249. The first-order chi connectivity index (χ1) is 14.1. The Hall–Kier alpha value is -3.43. The minimum absolute atomic E-state index is 0.249. The molecule has 0 amide bonds. The van der Waals surface area contributed by atoms with Crippen LogP contribution in [-0.4, -0.2) is 40.5 Å². The molecule has 29 heavy (non-hydrogen) atoms. The maximum Gasteiger partial charge on any atom is 0.137 e. The van der Waals surface area contributed by atoms with E-state index in [-0.39, 0.29) is 6.04 Å². The number of hydrogen-bond donors (Lipinski definition) is 2. The van der Waals surface area contributed by atoms with E-state index in [1.165, 1.54) is 5.56 Å². The number of likely N-dealkylation sites (tertiary alicyclic amines) is 1. The van der Waals surface area contributed by atoms with E-state index in [1.54, 1.807) is 12.4 Å². The second-order valence-electron chi connectivity index (χ2n) is 7.38. The van der Waals surface area contributed by atoms with Crippen molar-refractivity contribution in [3.8, 4) is 6.07 Å². The van der Waals surface area contributed by atoms with Gasteiger partial charge in [0.1, 0.15) is 12.1 Å². The Bertz CT molecular complexity index is 1070. The van der Waals surface area contributed by atoms with Crippen molar-refractivity contribution in [3.05, 3.63) is 72.1 Å². The highest BCUT2D eigenvalue weighted by molar-refractivity contribution is 5.89. The molecule has 3 aromatic rings. The van der Waals surface area contributed by atoms with Crippen LogP contribution in [0.1, 0.15) is 23.1 Å². The quantitative estimate of drug-likeness (QED) is 0.678. The lowest BCUT2D eigenvalue weighted by atomic mass is 10.1. The van der Waals surface area contributed by atoms with E-state index in [9.17, 15) is 0 Å². The van der Waals surface area contributed by atoms with E-state index < -0.39 is 0 Å². The summed E-state index contributed by atoms with van der Waals surface area (Å²) < 4.78 is 0. The number of anilines is 1. The van der Waals surface area contributed by atoms with Gasteiger partial charge in [-0.2, -0.15) is 5.26 Å². The molecule has 1 aliphatic rings. The van der Waals surface area contributed by atoms with Crippen LogP contribution in [0.2, 0.25) is 0 Å². The zero-order valence-electron chi connectivity index (χ0n) is 16.3. The van der Waals surface area contributed by atoms with Crippen molar-refractivity contribution in [2.24, 2.45) is 5.73 Å². The van der Waals surface area contributed by atoms with E-state index in [2.05, 4.69) is 57.1 Å². The Morgan fingerprint density at radius 3 is 2.79 bits per heavy atom. The second kappa shape index (κ2) is 8.29. The molecule has 1 unspecified atom stereocenters. The molecular weight excluding hydrogens is 360 g/mol. The molecule has 0 saturated carbocycles. The van der Waals surface area contributed by atoms with Crippen molar-refractivity contribution in [2.75, 3.05) is 25.0 Å². The van der Waals surface area contributed by atoms with E-state index in [1.807, 2.05) is 12.1 Å². The predicted molar refractivity (Wildman–Crippen MR) is 116 cm³/mol. The largest absolute Gasteiger partial charge is 0.370 e. The van der Waals surface area contributed by atoms with Gasteiger partial charge >= 0.3 is 0 Å². The summed E-state index contributed by atoms with van der Waals surface area (Å²) in [7, 11) is 0. The minimum Gasteiger partial charge on any atom is -0.370 e. The van der Waals surface area contributed by atoms with Crippen molar-refractivity contribution >= 4 is 22.4 Å². The van der Waals surface area contributed by atoms with Crippen LogP contribution in [-0.2, 0) is 6.42 Å². The molecule has 3 N–H and O–H groups in total. The van der Waals surface area contributed by atoms with Gasteiger partial charge in [0.2, 0.25) is 0 Å². The summed E-state index contributed by atoms with van der Waals surface area (Å²) in [5.74, 6) is 0.752. The van der Waals surface area contributed by atoms with Crippen LogP contribution in [0.15, 0.2) is 55.4 Å². The lowest BCUT2D eigenvalue weighted by molar-refractivity contribution is 0.485. The molecule has 1 aromatic heterocycles. The topological polar surface area (TPSA) is 90.9 Å². The average Bonchev–Trinajstić information content (AvgIpc) is 3.20. The molecular formula is C23H24N6. The lowest BCUT2D eigenvalue weighted by Gasteiger charge is -2.21. The van der Waals surface area contributed by atoms with Crippen molar-refractivity contribution in [2.45, 2.75) is 18.9 Å². The third-order valence-corrected chi connectivity index (χ3v) is 5.36. The maximum absolute atomic E-state index is 9.13. The molecule has 0 bridgehead atoms. The van der Waals surface area contributed by atoms with Gasteiger partial charge in [0.05, 0.1) is 17.1 Å². The summed E-state index contributed by atoms with van der Waals surface area (Å²) in [4.78, 5) is 10.9. The second-order valence-corrected chi connectivity index (χ2v) is 7.38. The van der Waals surface area contributed by atoms with Gasteiger partial charge in [-0.05, 0) is 42.2 Å². The summed E-state index contributed by atoms with van der Waals surface area (Å²) in [6.45, 7) is 6.84. The molecule has 4 rings (SSSR count).